The quantitative estimate of drug-likeness (QED) is 0.207. The van der Waals surface area contributed by atoms with Gasteiger partial charge in [0.15, 0.2) is 0 Å². The fourth-order valence-electron chi connectivity index (χ4n) is 3.20. The fraction of sp³-hybridized carbons (Fsp3) is 0.348. The molecule has 0 N–H and O–H groups in total. The van der Waals surface area contributed by atoms with Crippen molar-refractivity contribution in [2.75, 3.05) is 6.61 Å². The van der Waals surface area contributed by atoms with E-state index in [9.17, 15) is 4.79 Å². The lowest BCUT2D eigenvalue weighted by molar-refractivity contribution is 0.0983. The van der Waals surface area contributed by atoms with Gasteiger partial charge in [0, 0.05) is 10.8 Å². The number of benzene rings is 3. The molecule has 26 heavy (non-hydrogen) atoms. The van der Waals surface area contributed by atoms with Crippen LogP contribution in [-0.4, -0.2) is 12.8 Å². The van der Waals surface area contributed by atoms with Crippen molar-refractivity contribution in [1.29, 1.82) is 0 Å². The summed E-state index contributed by atoms with van der Waals surface area (Å²) in [6.07, 6.45) is 4.57. The van der Waals surface area contributed by atoms with Crippen LogP contribution in [0.25, 0.3) is 21.5 Å². The summed E-state index contributed by atoms with van der Waals surface area (Å²) in [7, 11) is 0. The van der Waals surface area contributed by atoms with Gasteiger partial charge in [-0.25, -0.2) is 4.79 Å². The minimum atomic E-state index is -0.624. The highest BCUT2D eigenvalue weighted by Crippen LogP contribution is 2.35. The molecule has 0 aromatic heterocycles. The first kappa shape index (κ1) is 18.2. The van der Waals surface area contributed by atoms with Gasteiger partial charge in [-0.15, -0.1) is 0 Å². The number of hydrogen-bond acceptors (Lipinski definition) is 3. The first-order valence-corrected chi connectivity index (χ1v) is 9.52. The molecular weight excluding hydrogens is 324 g/mol. The average Bonchev–Trinajstić information content (AvgIpc) is 2.67. The summed E-state index contributed by atoms with van der Waals surface area (Å²) in [4.78, 5) is 12.2. The molecular formula is C23H26O3. The Hall–Kier alpha value is -2.55. The van der Waals surface area contributed by atoms with Crippen molar-refractivity contribution < 1.29 is 14.3 Å². The van der Waals surface area contributed by atoms with E-state index in [-0.39, 0.29) is 0 Å². The number of ether oxygens (including phenoxy) is 2. The molecule has 3 aromatic carbocycles. The molecule has 0 unspecified atom stereocenters. The van der Waals surface area contributed by atoms with Gasteiger partial charge in [0.25, 0.3) is 0 Å². The maximum absolute atomic E-state index is 12.2. The van der Waals surface area contributed by atoms with E-state index in [1.807, 2.05) is 24.3 Å². The van der Waals surface area contributed by atoms with E-state index in [1.54, 1.807) is 0 Å². The third-order valence-corrected chi connectivity index (χ3v) is 4.69. The van der Waals surface area contributed by atoms with Crippen LogP contribution < -0.4 is 4.74 Å². The van der Waals surface area contributed by atoms with Crippen molar-refractivity contribution in [2.24, 2.45) is 0 Å². The number of carbonyl (C=O) groups is 1. The first-order chi connectivity index (χ1) is 12.7. The monoisotopic (exact) mass is 350 g/mol. The van der Waals surface area contributed by atoms with Crippen LogP contribution in [0, 0.1) is 0 Å². The van der Waals surface area contributed by atoms with Gasteiger partial charge in [-0.2, -0.15) is 0 Å². The van der Waals surface area contributed by atoms with Gasteiger partial charge in [0.2, 0.25) is 0 Å². The minimum absolute atomic E-state index is 0.405. The Labute approximate surface area is 154 Å². The summed E-state index contributed by atoms with van der Waals surface area (Å²) in [6.45, 7) is 4.68. The number of aryl methyl sites for hydroxylation is 1. The van der Waals surface area contributed by atoms with Crippen LogP contribution in [0.3, 0.4) is 0 Å². The standard InChI is InChI=1S/C23H26O3/c1-3-5-6-9-14-25-23(24)26-22-20-11-8-7-10-18(20)16-19-13-12-17(4-2)15-21(19)22/h7-8,10-13,15-16H,3-6,9,14H2,1-2H3. The Morgan fingerprint density at radius 3 is 2.50 bits per heavy atom. The minimum Gasteiger partial charge on any atom is -0.434 e. The van der Waals surface area contributed by atoms with Gasteiger partial charge in [-0.05, 0) is 41.3 Å². The van der Waals surface area contributed by atoms with E-state index in [0.29, 0.717) is 12.4 Å². The molecule has 3 nitrogen and oxygen atoms in total. The fourth-order valence-corrected chi connectivity index (χ4v) is 3.20. The van der Waals surface area contributed by atoms with Crippen LogP contribution in [0.4, 0.5) is 4.79 Å². The van der Waals surface area contributed by atoms with Crippen molar-refractivity contribution in [2.45, 2.75) is 46.0 Å². The van der Waals surface area contributed by atoms with Gasteiger partial charge in [0.1, 0.15) is 5.75 Å². The molecule has 0 spiro atoms. The molecule has 0 aliphatic carbocycles. The Kier molecular flexibility index (Phi) is 6.11. The second-order valence-corrected chi connectivity index (χ2v) is 6.60. The number of fused-ring (bicyclic) bond motifs is 2. The Morgan fingerprint density at radius 2 is 1.69 bits per heavy atom. The van der Waals surface area contributed by atoms with Gasteiger partial charge < -0.3 is 9.47 Å². The summed E-state index contributed by atoms with van der Waals surface area (Å²) in [5.74, 6) is 0.590. The van der Waals surface area contributed by atoms with Crippen molar-refractivity contribution in [3.8, 4) is 5.75 Å². The summed E-state index contributed by atoms with van der Waals surface area (Å²) in [5.41, 5.74) is 1.21. The predicted molar refractivity (Wildman–Crippen MR) is 107 cm³/mol. The lowest BCUT2D eigenvalue weighted by Gasteiger charge is -2.13. The van der Waals surface area contributed by atoms with E-state index in [2.05, 4.69) is 38.1 Å². The summed E-state index contributed by atoms with van der Waals surface area (Å²) < 4.78 is 11.0. The largest absolute Gasteiger partial charge is 0.513 e. The van der Waals surface area contributed by atoms with Gasteiger partial charge in [0.05, 0.1) is 6.61 Å². The number of unbranched alkanes of at least 4 members (excludes halogenated alkanes) is 3. The lowest BCUT2D eigenvalue weighted by Crippen LogP contribution is -2.12. The number of rotatable bonds is 7. The second-order valence-electron chi connectivity index (χ2n) is 6.60. The SMILES string of the molecule is CCCCCCOC(=O)Oc1c2ccccc2cc2ccc(CC)cc12. The van der Waals surface area contributed by atoms with Crippen LogP contribution in [0.1, 0.15) is 45.1 Å². The van der Waals surface area contributed by atoms with Crippen LogP contribution in [0.5, 0.6) is 5.75 Å². The molecule has 0 aliphatic rings. The Morgan fingerprint density at radius 1 is 0.885 bits per heavy atom. The molecule has 0 atom stereocenters. The molecule has 0 radical (unpaired) electrons. The van der Waals surface area contributed by atoms with Crippen molar-refractivity contribution in [3.05, 3.63) is 54.1 Å². The molecule has 0 bridgehead atoms. The third kappa shape index (κ3) is 4.16. The molecule has 0 heterocycles. The van der Waals surface area contributed by atoms with E-state index in [0.717, 1.165) is 53.6 Å². The average molecular weight is 350 g/mol. The van der Waals surface area contributed by atoms with E-state index < -0.39 is 6.16 Å². The number of hydrogen-bond donors (Lipinski definition) is 0. The normalized spacial score (nSPS) is 11.0. The maximum Gasteiger partial charge on any atom is 0.513 e. The molecule has 0 saturated carbocycles. The van der Waals surface area contributed by atoms with Crippen LogP contribution in [0.15, 0.2) is 48.5 Å². The van der Waals surface area contributed by atoms with Crippen molar-refractivity contribution in [3.63, 3.8) is 0 Å². The second kappa shape index (κ2) is 8.70. The van der Waals surface area contributed by atoms with Crippen LogP contribution in [0.2, 0.25) is 0 Å². The zero-order chi connectivity index (χ0) is 18.4. The van der Waals surface area contributed by atoms with E-state index in [1.165, 1.54) is 5.56 Å². The molecule has 0 aliphatic heterocycles. The topological polar surface area (TPSA) is 35.5 Å². The third-order valence-electron chi connectivity index (χ3n) is 4.69. The molecule has 3 aromatic rings. The molecule has 0 fully saturated rings. The van der Waals surface area contributed by atoms with E-state index >= 15 is 0 Å². The van der Waals surface area contributed by atoms with Gasteiger partial charge in [-0.3, -0.25) is 0 Å². The summed E-state index contributed by atoms with van der Waals surface area (Å²) in [5, 5.41) is 3.99. The molecule has 3 heteroatoms. The summed E-state index contributed by atoms with van der Waals surface area (Å²) in [6, 6.07) is 16.4. The zero-order valence-electron chi connectivity index (χ0n) is 15.6. The first-order valence-electron chi connectivity index (χ1n) is 9.52. The lowest BCUT2D eigenvalue weighted by atomic mass is 9.99. The smallest absolute Gasteiger partial charge is 0.434 e. The van der Waals surface area contributed by atoms with Crippen molar-refractivity contribution in [1.82, 2.24) is 0 Å². The highest BCUT2D eigenvalue weighted by Gasteiger charge is 2.14. The van der Waals surface area contributed by atoms with Crippen molar-refractivity contribution >= 4 is 27.7 Å². The zero-order valence-corrected chi connectivity index (χ0v) is 15.6. The summed E-state index contributed by atoms with van der Waals surface area (Å²) >= 11 is 0. The van der Waals surface area contributed by atoms with Gasteiger partial charge >= 0.3 is 6.16 Å². The molecule has 0 saturated heterocycles. The Bertz CT molecular complexity index is 898. The van der Waals surface area contributed by atoms with Crippen LogP contribution in [-0.2, 0) is 11.2 Å². The highest BCUT2D eigenvalue weighted by molar-refractivity contribution is 6.06. The predicted octanol–water partition coefficient (Wildman–Crippen LogP) is 6.65. The molecule has 0 amide bonds. The number of carbonyl (C=O) groups excluding carboxylic acids is 1. The Balaban J connectivity index is 1.89. The van der Waals surface area contributed by atoms with Gasteiger partial charge in [-0.1, -0.05) is 69.5 Å². The van der Waals surface area contributed by atoms with E-state index in [4.69, 9.17) is 9.47 Å². The molecule has 136 valence electrons. The highest BCUT2D eigenvalue weighted by atomic mass is 16.7. The van der Waals surface area contributed by atoms with Crippen LogP contribution >= 0.6 is 0 Å². The molecule has 3 rings (SSSR count). The maximum atomic E-state index is 12.2.